The first-order chi connectivity index (χ1) is 60.1. The molecular weight excluding hydrogens is 2140 g/mol. The van der Waals surface area contributed by atoms with Crippen LogP contribution in [0, 0.1) is 69.0 Å². The number of nitrogens with zero attached hydrogens (tertiary/aromatic N) is 3. The molecule has 131 heavy (non-hydrogen) atoms. The summed E-state index contributed by atoms with van der Waals surface area (Å²) in [5.74, 6) is -14.5. The monoisotopic (exact) mass is 2240 g/mol. The molecule has 0 aromatic heterocycles. The van der Waals surface area contributed by atoms with Crippen molar-refractivity contribution in [3.8, 4) is 0 Å². The van der Waals surface area contributed by atoms with Gasteiger partial charge in [-0.3, -0.25) is 33.9 Å². The van der Waals surface area contributed by atoms with Crippen LogP contribution in [0.15, 0.2) is 191 Å². The van der Waals surface area contributed by atoms with Gasteiger partial charge < -0.3 is 57.5 Å². The molecule has 2 fully saturated rings. The average molecular weight is 2240 g/mol. The van der Waals surface area contributed by atoms with E-state index in [9.17, 15) is 117 Å². The van der Waals surface area contributed by atoms with Crippen LogP contribution in [-0.2, 0) is 87.0 Å². The number of alkyl halides is 6. The van der Waals surface area contributed by atoms with Gasteiger partial charge in [-0.15, -0.1) is 0 Å². The summed E-state index contributed by atoms with van der Waals surface area (Å²) < 4.78 is 251. The lowest BCUT2D eigenvalue weighted by Crippen LogP contribution is -3.00. The highest BCUT2D eigenvalue weighted by atomic mass is 127. The lowest BCUT2D eigenvalue weighted by Gasteiger charge is -2.28. The van der Waals surface area contributed by atoms with Gasteiger partial charge in [-0.25, -0.2) is 58.3 Å². The Morgan fingerprint density at radius 2 is 0.916 bits per heavy atom. The van der Waals surface area contributed by atoms with Crippen molar-refractivity contribution in [2.75, 3.05) is 79.7 Å². The largest absolute Gasteiger partial charge is 1.00 e. The predicted molar refractivity (Wildman–Crippen MR) is 480 cm³/mol. The van der Waals surface area contributed by atoms with E-state index in [0.717, 1.165) is 72.9 Å². The summed E-state index contributed by atoms with van der Waals surface area (Å²) >= 11 is 3.76. The molecule has 2 aliphatic rings. The van der Waals surface area contributed by atoms with Crippen LogP contribution in [0.3, 0.4) is 0 Å². The van der Waals surface area contributed by atoms with Crippen molar-refractivity contribution in [3.63, 3.8) is 0 Å². The van der Waals surface area contributed by atoms with Crippen LogP contribution in [0.5, 0.6) is 0 Å². The number of halogens is 19. The zero-order valence-corrected chi connectivity index (χ0v) is 79.9. The Hall–Kier alpha value is -9.19. The normalized spacial score (nSPS) is 16.0. The molecule has 0 aliphatic carbocycles. The lowest BCUT2D eigenvalue weighted by molar-refractivity contribution is -0.158. The molecular formula is C91H103F16I3N3O16SSi-. The molecule has 2 aliphatic heterocycles. The van der Waals surface area contributed by atoms with Gasteiger partial charge in [0.1, 0.15) is 67.7 Å². The molecule has 2 heterocycles. The van der Waals surface area contributed by atoms with Gasteiger partial charge in [-0.05, 0) is 166 Å². The molecule has 5 unspecified atom stereocenters. The lowest BCUT2D eigenvalue weighted by atomic mass is 9.76. The van der Waals surface area contributed by atoms with E-state index in [1.807, 2.05) is 95.1 Å². The molecule has 1 N–H and O–H groups in total. The fourth-order valence-corrected chi connectivity index (χ4v) is 14.0. The summed E-state index contributed by atoms with van der Waals surface area (Å²) in [7, 11) is -3.87. The average Bonchev–Trinajstić information content (AvgIpc) is 1.61. The van der Waals surface area contributed by atoms with Crippen LogP contribution in [-0.4, -0.2) is 175 Å². The fourth-order valence-electron chi connectivity index (χ4n) is 12.1. The van der Waals surface area contributed by atoms with Crippen LogP contribution >= 0.6 is 45.2 Å². The zero-order chi connectivity index (χ0) is 96.5. The van der Waals surface area contributed by atoms with E-state index in [1.165, 1.54) is 55.1 Å². The van der Waals surface area contributed by atoms with Crippen molar-refractivity contribution in [2.45, 2.75) is 117 Å². The SMILES string of the molecule is C.C.CC1(C(=O)O)CN(Cc2ccccc2)CC1c1ccc(F)cc1F.CCOC(=O)/C(=C/c1ccc(F)cc1F)C(F)(F)F.CCOC(=O)/C(I)=C/c1ccc(F)cc1F.CCOC(=O)C(C)I.CCOC(=O)C1(C)CN(Cc2ccccc2)CC1c1ccc(F)cc1F.COC(=O)C(F)(F)S(=O)(=O)F.COCN(C[SiH2]C)Cc1ccccc1.O=Cc1ccc(F)cc1F.[I-]. The van der Waals surface area contributed by atoms with Crippen molar-refractivity contribution in [3.05, 3.63) is 294 Å². The number of carbonyl (C=O) groups is 7. The first kappa shape index (κ1) is 122. The number of methoxy groups -OCH3 is 2. The second-order valence-corrected chi connectivity index (χ2v) is 33.8. The molecule has 722 valence electrons. The number of aldehydes is 1. The Bertz CT molecular complexity index is 5100. The number of aliphatic carboxylic acids is 1. The van der Waals surface area contributed by atoms with Crippen LogP contribution in [0.2, 0.25) is 6.55 Å². The standard InChI is InChI=1S/C21H23F2NO2.C19H19F2NO2.C12H9F5O2.C11H9F2IO2.C11H19NOSi.C7H4F2O.C5H9IO2.C3H3F3O4S.2CH4.HI/c1-3-26-20(25)21(2)14-24(12-15-7-5-4-6-8-15)13-18(21)17-10-9-16(22)11-19(17)23;1-19(18(23)24)12-22(10-13-5-3-2-4-6-13)11-16(19)15-8-7-14(20)9-17(15)21;1-2-19-11(18)9(12(15,16)17)5-7-3-4-8(13)6-10(7)14;1-2-16-11(15)10(14)5-7-3-4-8(12)6-9(7)13;1-13-9-12(10-14-2)8-11-6-4-3-5-7-11;8-6-2-1-5(4-10)7(9)3-6;1-3-8-5(7)4(2)6;1-10-2(7)3(4,5)11(6,8)9;;;/h4-11,18H,3,12-14H2,1-2H3;2-9,16H,10-12H2,1H3,(H,23,24);3-6H,2H2,1H3;3-6H,2H2,1H3;3-7H,8-10,14H2,1-2H3;1-4H;4H,3H2,1-2H3;1H3;2*1H4;1H/p-1/b;;9-5-;10-5-;;;;;;;. The Kier molecular flexibility index (Phi) is 55.9. The molecule has 40 heteroatoms. The number of carboxylic acid groups (broad SMARTS) is 1. The highest BCUT2D eigenvalue weighted by Crippen LogP contribution is 2.47. The highest BCUT2D eigenvalue weighted by molar-refractivity contribution is 14.1. The molecule has 5 atom stereocenters. The topological polar surface area (TPSA) is 239 Å². The third kappa shape index (κ3) is 40.7. The first-order valence-electron chi connectivity index (χ1n) is 38.8. The summed E-state index contributed by atoms with van der Waals surface area (Å²) in [6, 6.07) is 45.1. The fraction of sp³-hybridized carbons (Fsp3) is 0.352. The molecule has 2 saturated heterocycles. The van der Waals surface area contributed by atoms with E-state index in [2.05, 4.69) is 60.9 Å². The molecule has 0 amide bonds. The minimum Gasteiger partial charge on any atom is -1.00 e. The summed E-state index contributed by atoms with van der Waals surface area (Å²) in [6.45, 7) is 19.6. The van der Waals surface area contributed by atoms with Crippen LogP contribution in [0.25, 0.3) is 12.2 Å². The van der Waals surface area contributed by atoms with Gasteiger partial charge in [0.25, 0.3) is 0 Å². The van der Waals surface area contributed by atoms with Crippen LogP contribution < -0.4 is 24.0 Å². The Morgan fingerprint density at radius 1 is 0.550 bits per heavy atom. The highest BCUT2D eigenvalue weighted by Gasteiger charge is 2.56. The molecule has 0 bridgehead atoms. The Labute approximate surface area is 798 Å². The second kappa shape index (κ2) is 60.1. The second-order valence-electron chi connectivity index (χ2n) is 28.0. The number of rotatable bonds is 26. The van der Waals surface area contributed by atoms with E-state index in [0.29, 0.717) is 77.0 Å². The van der Waals surface area contributed by atoms with Gasteiger partial charge in [0, 0.05) is 116 Å². The number of carbonyl (C=O) groups excluding carboxylic acids is 6. The van der Waals surface area contributed by atoms with Crippen molar-refractivity contribution < 1.29 is 169 Å². The van der Waals surface area contributed by atoms with E-state index in [1.54, 1.807) is 64.3 Å². The third-order valence-corrected chi connectivity index (χ3v) is 21.4. The number of ether oxygens (including phenoxy) is 6. The van der Waals surface area contributed by atoms with Crippen LogP contribution in [0.4, 0.5) is 69.7 Å². The van der Waals surface area contributed by atoms with E-state index < -0.39 is 138 Å². The predicted octanol–water partition coefficient (Wildman–Crippen LogP) is 17.3. The van der Waals surface area contributed by atoms with Gasteiger partial charge in [-0.2, -0.15) is 30.4 Å². The van der Waals surface area contributed by atoms with E-state index in [4.69, 9.17) is 14.2 Å². The maximum atomic E-state index is 14.4. The van der Waals surface area contributed by atoms with Gasteiger partial charge in [-0.1, -0.05) is 151 Å². The van der Waals surface area contributed by atoms with Gasteiger partial charge in [0.05, 0.1) is 60.2 Å². The molecule has 10 rings (SSSR count). The number of hydrogen-bond acceptors (Lipinski definition) is 18. The summed E-state index contributed by atoms with van der Waals surface area (Å²) in [5.41, 5.74) is 0.00404. The zero-order valence-electron chi connectivity index (χ0n) is 71.2. The number of hydrogen-bond donors (Lipinski definition) is 1. The third-order valence-electron chi connectivity index (χ3n) is 18.2. The summed E-state index contributed by atoms with van der Waals surface area (Å²) in [6.07, 6.45) is -1.83. The van der Waals surface area contributed by atoms with Crippen molar-refractivity contribution in [1.29, 1.82) is 0 Å². The smallest absolute Gasteiger partial charge is 0.470 e. The number of esters is 5. The quantitative estimate of drug-likeness (QED) is 0.00506. The van der Waals surface area contributed by atoms with E-state index in [-0.39, 0.29) is 110 Å². The minimum absolute atomic E-state index is 0. The maximum Gasteiger partial charge on any atom is 0.470 e. The van der Waals surface area contributed by atoms with Crippen molar-refractivity contribution in [1.82, 2.24) is 14.7 Å². The maximum absolute atomic E-state index is 14.4. The molecule has 0 radical (unpaired) electrons. The minimum atomic E-state index is -6.22. The molecule has 0 spiro atoms. The summed E-state index contributed by atoms with van der Waals surface area (Å²) in [4.78, 5) is 83.8. The van der Waals surface area contributed by atoms with Gasteiger partial charge in [0.15, 0.2) is 6.29 Å². The number of likely N-dealkylation sites (tertiary alicyclic amines) is 2. The molecule has 0 saturated carbocycles. The number of benzene rings is 8. The Morgan fingerprint density at radius 3 is 1.24 bits per heavy atom. The Balaban J connectivity index is 0.00000151. The summed E-state index contributed by atoms with van der Waals surface area (Å²) in [5, 5.41) is 4.60. The van der Waals surface area contributed by atoms with Gasteiger partial charge >= 0.3 is 57.5 Å². The van der Waals surface area contributed by atoms with Crippen LogP contribution in [0.1, 0.15) is 124 Å². The first-order valence-corrected chi connectivity index (χ1v) is 44.9. The molecule has 8 aromatic carbocycles. The van der Waals surface area contributed by atoms with Gasteiger partial charge in [0.2, 0.25) is 0 Å². The van der Waals surface area contributed by atoms with Crippen molar-refractivity contribution in [2.24, 2.45) is 10.8 Å². The van der Waals surface area contributed by atoms with E-state index >= 15 is 0 Å². The number of carboxylic acids is 1. The molecule has 8 aromatic rings. The van der Waals surface area contributed by atoms with Crippen molar-refractivity contribution >= 4 is 119 Å². The molecule has 19 nitrogen and oxygen atoms in total.